The lowest BCUT2D eigenvalue weighted by molar-refractivity contribution is -0.153. The van der Waals surface area contributed by atoms with Crippen molar-refractivity contribution in [1.82, 2.24) is 15.6 Å². The number of carbonyl (C=O) groups excluding carboxylic acids is 1. The number of ether oxygens (including phenoxy) is 1. The van der Waals surface area contributed by atoms with Crippen LogP contribution >= 0.6 is 11.6 Å². The Bertz CT molecular complexity index is 1090. The fourth-order valence-electron chi connectivity index (χ4n) is 3.56. The normalized spacial score (nSPS) is 13.3. The highest BCUT2D eigenvalue weighted by atomic mass is 35.5. The van der Waals surface area contributed by atoms with Crippen LogP contribution in [0.2, 0.25) is 5.02 Å². The molecule has 1 aromatic heterocycles. The highest BCUT2D eigenvalue weighted by Gasteiger charge is 2.38. The summed E-state index contributed by atoms with van der Waals surface area (Å²) in [6.45, 7) is 2.22. The summed E-state index contributed by atoms with van der Waals surface area (Å²) in [4.78, 5) is 17.4. The van der Waals surface area contributed by atoms with Crippen molar-refractivity contribution in [3.8, 4) is 5.75 Å². The van der Waals surface area contributed by atoms with E-state index in [9.17, 15) is 18.0 Å². The van der Waals surface area contributed by atoms with Crippen LogP contribution in [0.15, 0.2) is 72.9 Å². The number of rotatable bonds is 8. The first-order valence-electron chi connectivity index (χ1n) is 10.6. The van der Waals surface area contributed by atoms with Gasteiger partial charge in [-0.25, -0.2) is 4.79 Å². The third kappa shape index (κ3) is 6.87. The first kappa shape index (κ1) is 25.4. The molecule has 0 unspecified atom stereocenters. The number of benzene rings is 2. The summed E-state index contributed by atoms with van der Waals surface area (Å²) in [5.41, 5.74) is 0.616. The van der Waals surface area contributed by atoms with Gasteiger partial charge >= 0.3 is 12.2 Å². The lowest BCUT2D eigenvalue weighted by Crippen LogP contribution is -2.53. The van der Waals surface area contributed by atoms with Crippen LogP contribution in [0, 0.1) is 0 Å². The minimum Gasteiger partial charge on any atom is -0.484 e. The van der Waals surface area contributed by atoms with Gasteiger partial charge < -0.3 is 15.4 Å². The molecule has 0 radical (unpaired) electrons. The third-order valence-corrected chi connectivity index (χ3v) is 5.18. The van der Waals surface area contributed by atoms with Crippen molar-refractivity contribution >= 4 is 17.6 Å². The Balaban J connectivity index is 2.15. The summed E-state index contributed by atoms with van der Waals surface area (Å²) in [5.74, 6) is 0.0206. The number of nitrogens with zero attached hydrogens (tertiary/aromatic N) is 1. The first-order valence-corrected chi connectivity index (χ1v) is 11.0. The largest absolute Gasteiger partial charge is 0.484 e. The molecule has 1 atom stereocenters. The van der Waals surface area contributed by atoms with Crippen LogP contribution < -0.4 is 15.4 Å². The number of pyridine rings is 1. The summed E-state index contributed by atoms with van der Waals surface area (Å²) in [6, 6.07) is 18.4. The van der Waals surface area contributed by atoms with Gasteiger partial charge in [0, 0.05) is 18.7 Å². The Labute approximate surface area is 201 Å². The van der Waals surface area contributed by atoms with Gasteiger partial charge in [0.25, 0.3) is 0 Å². The van der Waals surface area contributed by atoms with Crippen molar-refractivity contribution in [3.63, 3.8) is 0 Å². The molecule has 1 heterocycles. The van der Waals surface area contributed by atoms with E-state index in [0.717, 1.165) is 5.56 Å². The zero-order chi connectivity index (χ0) is 24.8. The number of hydrogen-bond acceptors (Lipinski definition) is 3. The Morgan fingerprint density at radius 3 is 2.41 bits per heavy atom. The van der Waals surface area contributed by atoms with E-state index >= 15 is 0 Å². The second-order valence-electron chi connectivity index (χ2n) is 8.11. The molecule has 2 N–H and O–H groups in total. The molecular formula is C25H25ClF3N3O2. The topological polar surface area (TPSA) is 63.2 Å². The Morgan fingerprint density at radius 2 is 1.79 bits per heavy atom. The van der Waals surface area contributed by atoms with Gasteiger partial charge in [-0.2, -0.15) is 13.2 Å². The number of nitrogens with one attached hydrogen (secondary N) is 2. The second kappa shape index (κ2) is 10.8. The minimum absolute atomic E-state index is 0.0206. The predicted molar refractivity (Wildman–Crippen MR) is 125 cm³/mol. The summed E-state index contributed by atoms with van der Waals surface area (Å²) in [7, 11) is 0. The number of hydrogen-bond donors (Lipinski definition) is 2. The van der Waals surface area contributed by atoms with Crippen LogP contribution in [0.4, 0.5) is 18.0 Å². The summed E-state index contributed by atoms with van der Waals surface area (Å²) in [5, 5.41) is 6.25. The van der Waals surface area contributed by atoms with E-state index in [1.165, 1.54) is 18.3 Å². The lowest BCUT2D eigenvalue weighted by atomic mass is 9.80. The number of amides is 2. The number of aromatic nitrogens is 1. The summed E-state index contributed by atoms with van der Waals surface area (Å²) >= 11 is 6.06. The molecule has 3 rings (SSSR count). The van der Waals surface area contributed by atoms with E-state index in [0.29, 0.717) is 16.3 Å². The van der Waals surface area contributed by atoms with Crippen molar-refractivity contribution in [3.05, 3.63) is 94.8 Å². The van der Waals surface area contributed by atoms with Crippen molar-refractivity contribution < 1.29 is 22.7 Å². The Kier molecular flexibility index (Phi) is 8.04. The molecular weight excluding hydrogens is 467 g/mol. The van der Waals surface area contributed by atoms with Crippen molar-refractivity contribution in [1.29, 1.82) is 0 Å². The monoisotopic (exact) mass is 491 g/mol. The molecule has 2 aromatic carbocycles. The fourth-order valence-corrected chi connectivity index (χ4v) is 3.67. The maximum absolute atomic E-state index is 13.0. The molecule has 3 aromatic rings. The highest BCUT2D eigenvalue weighted by Crippen LogP contribution is 2.35. The molecule has 0 spiro atoms. The number of urea groups is 1. The Morgan fingerprint density at radius 1 is 1.06 bits per heavy atom. The maximum atomic E-state index is 13.0. The smallest absolute Gasteiger partial charge is 0.422 e. The molecule has 9 heteroatoms. The molecule has 34 heavy (non-hydrogen) atoms. The van der Waals surface area contributed by atoms with Gasteiger partial charge in [-0.15, -0.1) is 0 Å². The molecule has 0 aliphatic carbocycles. The molecule has 0 bridgehead atoms. The molecule has 0 aliphatic heterocycles. The van der Waals surface area contributed by atoms with E-state index in [2.05, 4.69) is 15.6 Å². The summed E-state index contributed by atoms with van der Waals surface area (Å²) in [6.07, 6.45) is -2.75. The molecule has 0 aliphatic rings. The zero-order valence-electron chi connectivity index (χ0n) is 18.7. The van der Waals surface area contributed by atoms with Gasteiger partial charge in [0.2, 0.25) is 0 Å². The van der Waals surface area contributed by atoms with Crippen molar-refractivity contribution in [2.45, 2.75) is 38.0 Å². The van der Waals surface area contributed by atoms with E-state index in [-0.39, 0.29) is 18.2 Å². The SMILES string of the molecule is CC(C)NC(=O)N[C@@](Cc1ccccc1)(c1cccc(OCC(F)(F)F)c1)c1ccc(Cl)cn1. The van der Waals surface area contributed by atoms with Crippen LogP contribution in [-0.4, -0.2) is 29.8 Å². The van der Waals surface area contributed by atoms with E-state index in [1.807, 2.05) is 44.2 Å². The van der Waals surface area contributed by atoms with Crippen LogP contribution in [0.3, 0.4) is 0 Å². The molecule has 0 fully saturated rings. The molecule has 2 amide bonds. The van der Waals surface area contributed by atoms with Gasteiger partial charge in [0.15, 0.2) is 6.61 Å². The van der Waals surface area contributed by atoms with Gasteiger partial charge in [0.1, 0.15) is 11.3 Å². The van der Waals surface area contributed by atoms with E-state index in [4.69, 9.17) is 16.3 Å². The van der Waals surface area contributed by atoms with E-state index < -0.39 is 24.4 Å². The second-order valence-corrected chi connectivity index (χ2v) is 8.55. The molecule has 0 saturated heterocycles. The first-order chi connectivity index (χ1) is 16.1. The van der Waals surface area contributed by atoms with Gasteiger partial charge in [-0.05, 0) is 49.2 Å². The van der Waals surface area contributed by atoms with Crippen molar-refractivity contribution in [2.24, 2.45) is 0 Å². The number of halogens is 4. The standard InChI is InChI=1S/C25H25ClF3N3O2/c1-17(2)31-23(33)32-24(14-18-7-4-3-5-8-18,22-12-11-20(26)15-30-22)19-9-6-10-21(13-19)34-16-25(27,28)29/h3-13,15,17H,14,16H2,1-2H3,(H2,31,32,33)/t24-/m0/s1. The zero-order valence-corrected chi connectivity index (χ0v) is 19.5. The highest BCUT2D eigenvalue weighted by molar-refractivity contribution is 6.30. The third-order valence-electron chi connectivity index (χ3n) is 4.95. The van der Waals surface area contributed by atoms with Crippen LogP contribution in [0.1, 0.15) is 30.7 Å². The summed E-state index contributed by atoms with van der Waals surface area (Å²) < 4.78 is 43.2. The quantitative estimate of drug-likeness (QED) is 0.414. The number of carbonyl (C=O) groups is 1. The van der Waals surface area contributed by atoms with Gasteiger partial charge in [0.05, 0.1) is 10.7 Å². The van der Waals surface area contributed by atoms with Crippen molar-refractivity contribution in [2.75, 3.05) is 6.61 Å². The average Bonchev–Trinajstić information content (AvgIpc) is 2.77. The molecule has 0 saturated carbocycles. The Hall–Kier alpha value is -3.26. The lowest BCUT2D eigenvalue weighted by Gasteiger charge is -2.36. The maximum Gasteiger partial charge on any atom is 0.422 e. The average molecular weight is 492 g/mol. The fraction of sp³-hybridized carbons (Fsp3) is 0.280. The molecule has 180 valence electrons. The van der Waals surface area contributed by atoms with E-state index in [1.54, 1.807) is 24.3 Å². The van der Waals surface area contributed by atoms with Crippen LogP contribution in [0.25, 0.3) is 0 Å². The van der Waals surface area contributed by atoms with Crippen LogP contribution in [-0.2, 0) is 12.0 Å². The van der Waals surface area contributed by atoms with Gasteiger partial charge in [-0.3, -0.25) is 4.98 Å². The number of alkyl halides is 3. The van der Waals surface area contributed by atoms with Gasteiger partial charge in [-0.1, -0.05) is 54.1 Å². The van der Waals surface area contributed by atoms with Crippen LogP contribution in [0.5, 0.6) is 5.75 Å². The minimum atomic E-state index is -4.48. The predicted octanol–water partition coefficient (Wildman–Crippen LogP) is 5.87. The molecule has 5 nitrogen and oxygen atoms in total.